The van der Waals surface area contributed by atoms with Crippen molar-refractivity contribution in [2.75, 3.05) is 5.73 Å². The number of nitrogens with two attached hydrogens (primary N) is 1. The Kier molecular flexibility index (Phi) is 4.21. The van der Waals surface area contributed by atoms with Gasteiger partial charge in [-0.2, -0.15) is 0 Å². The molecule has 0 amide bonds. The number of hydrogen-bond acceptors (Lipinski definition) is 2. The Morgan fingerprint density at radius 2 is 1.72 bits per heavy atom. The van der Waals surface area contributed by atoms with Crippen molar-refractivity contribution in [1.29, 1.82) is 0 Å². The molecule has 0 bridgehead atoms. The molecule has 0 heterocycles. The molecule has 2 nitrogen and oxygen atoms in total. The summed E-state index contributed by atoms with van der Waals surface area (Å²) in [6.45, 7) is 12.3. The smallest absolute Gasteiger partial charge is 0.0814 e. The van der Waals surface area contributed by atoms with Crippen molar-refractivity contribution >= 4 is 26.1 Å². The molecule has 0 spiro atoms. The van der Waals surface area contributed by atoms with Gasteiger partial charge >= 0.3 is 0 Å². The molecule has 0 fully saturated rings. The lowest BCUT2D eigenvalue weighted by Gasteiger charge is -2.44. The van der Waals surface area contributed by atoms with Gasteiger partial charge in [0.25, 0.3) is 0 Å². The zero-order chi connectivity index (χ0) is 14.3. The molecule has 0 aliphatic heterocycles. The topological polar surface area (TPSA) is 46.2 Å². The molecule has 0 aromatic heterocycles. The van der Waals surface area contributed by atoms with Crippen LogP contribution in [-0.2, 0) is 5.22 Å². The Hall–Kier alpha value is -0.513. The second-order valence-corrected chi connectivity index (χ2v) is 9.91. The summed E-state index contributed by atoms with van der Waals surface area (Å²) in [5.41, 5.74) is 8.13. The molecule has 1 rings (SSSR count). The molecule has 102 valence electrons. The van der Waals surface area contributed by atoms with Crippen molar-refractivity contribution in [2.45, 2.75) is 46.0 Å². The minimum atomic E-state index is -1.40. The van der Waals surface area contributed by atoms with E-state index in [0.29, 0.717) is 10.7 Å². The number of benzene rings is 1. The van der Waals surface area contributed by atoms with Crippen LogP contribution in [0.3, 0.4) is 0 Å². The van der Waals surface area contributed by atoms with E-state index < -0.39 is 14.0 Å². The van der Waals surface area contributed by atoms with Gasteiger partial charge < -0.3 is 10.8 Å². The minimum absolute atomic E-state index is 0.265. The van der Waals surface area contributed by atoms with Gasteiger partial charge in [0.1, 0.15) is 0 Å². The third kappa shape index (κ3) is 2.44. The average molecular weight is 286 g/mol. The van der Waals surface area contributed by atoms with Crippen LogP contribution in [0, 0.1) is 12.3 Å². The fourth-order valence-corrected chi connectivity index (χ4v) is 5.61. The quantitative estimate of drug-likeness (QED) is 0.645. The number of rotatable bonds is 2. The van der Waals surface area contributed by atoms with E-state index in [2.05, 4.69) is 13.1 Å². The van der Waals surface area contributed by atoms with E-state index in [1.165, 1.54) is 0 Å². The summed E-state index contributed by atoms with van der Waals surface area (Å²) in [6.07, 6.45) is 0. The third-order valence-electron chi connectivity index (χ3n) is 3.75. The fraction of sp³-hybridized carbons (Fsp3) is 0.571. The summed E-state index contributed by atoms with van der Waals surface area (Å²) in [6, 6.07) is 3.69. The molecule has 0 saturated carbocycles. The molecule has 18 heavy (non-hydrogen) atoms. The van der Waals surface area contributed by atoms with Gasteiger partial charge in [-0.3, -0.25) is 0 Å². The van der Waals surface area contributed by atoms with Crippen LogP contribution < -0.4 is 5.73 Å². The van der Waals surface area contributed by atoms with E-state index >= 15 is 0 Å². The SMILES string of the molecule is Cc1cc(Cl)c(C(O)([SiH](C)C)C(C)(C)C)cc1N. The molecule has 3 N–H and O–H groups in total. The predicted molar refractivity (Wildman–Crippen MR) is 82.8 cm³/mol. The van der Waals surface area contributed by atoms with Gasteiger partial charge in [-0.25, -0.2) is 0 Å². The largest absolute Gasteiger partial charge is 0.399 e. The summed E-state index contributed by atoms with van der Waals surface area (Å²) in [4.78, 5) is 0. The van der Waals surface area contributed by atoms with Gasteiger partial charge in [-0.15, -0.1) is 0 Å². The number of halogens is 1. The molecule has 4 heteroatoms. The van der Waals surface area contributed by atoms with Crippen LogP contribution in [0.4, 0.5) is 5.69 Å². The van der Waals surface area contributed by atoms with E-state index in [0.717, 1.165) is 11.1 Å². The number of aliphatic hydroxyl groups is 1. The van der Waals surface area contributed by atoms with Crippen molar-refractivity contribution in [2.24, 2.45) is 5.41 Å². The minimum Gasteiger partial charge on any atom is -0.399 e. The van der Waals surface area contributed by atoms with Crippen molar-refractivity contribution in [3.05, 3.63) is 28.3 Å². The van der Waals surface area contributed by atoms with Gasteiger partial charge in [-0.1, -0.05) is 45.5 Å². The van der Waals surface area contributed by atoms with Crippen LogP contribution >= 0.6 is 11.6 Å². The first-order chi connectivity index (χ1) is 8.01. The fourth-order valence-electron chi connectivity index (χ4n) is 2.56. The van der Waals surface area contributed by atoms with Crippen molar-refractivity contribution in [3.63, 3.8) is 0 Å². The molecule has 0 aliphatic carbocycles. The van der Waals surface area contributed by atoms with Crippen molar-refractivity contribution < 1.29 is 5.11 Å². The zero-order valence-electron chi connectivity index (χ0n) is 12.1. The van der Waals surface area contributed by atoms with Crippen LogP contribution in [0.5, 0.6) is 0 Å². The highest BCUT2D eigenvalue weighted by molar-refractivity contribution is 6.59. The van der Waals surface area contributed by atoms with Crippen LogP contribution in [-0.4, -0.2) is 13.9 Å². The molecule has 0 aliphatic rings. The van der Waals surface area contributed by atoms with Gasteiger partial charge in [0.2, 0.25) is 0 Å². The molecule has 1 atom stereocenters. The third-order valence-corrected chi connectivity index (χ3v) is 6.91. The maximum atomic E-state index is 11.2. The normalized spacial score (nSPS) is 15.8. The highest BCUT2D eigenvalue weighted by Gasteiger charge is 2.46. The van der Waals surface area contributed by atoms with Crippen LogP contribution in [0.15, 0.2) is 12.1 Å². The van der Waals surface area contributed by atoms with E-state index in [-0.39, 0.29) is 5.41 Å². The maximum Gasteiger partial charge on any atom is 0.0814 e. The van der Waals surface area contributed by atoms with E-state index in [4.69, 9.17) is 17.3 Å². The van der Waals surface area contributed by atoms with E-state index in [1.54, 1.807) is 0 Å². The first-order valence-corrected chi connectivity index (χ1v) is 9.56. The molecule has 0 radical (unpaired) electrons. The molecule has 1 aromatic rings. The molecule has 1 aromatic carbocycles. The van der Waals surface area contributed by atoms with Crippen molar-refractivity contribution in [3.8, 4) is 0 Å². The molecular formula is C14H24ClNOSi. The van der Waals surface area contributed by atoms with E-state index in [1.807, 2.05) is 39.8 Å². The lowest BCUT2D eigenvalue weighted by atomic mass is 9.83. The first kappa shape index (κ1) is 15.5. The maximum absolute atomic E-state index is 11.2. The second-order valence-electron chi connectivity index (χ2n) is 6.36. The summed E-state index contributed by atoms with van der Waals surface area (Å²) in [5, 5.41) is 11.0. The standard InChI is InChI=1S/C14H24ClNOSi/c1-9-7-11(15)10(8-12(9)16)14(17,18(5)6)13(2,3)4/h7-8,17-18H,16H2,1-6H3. The van der Waals surface area contributed by atoms with E-state index in [9.17, 15) is 5.11 Å². The number of hydrogen-bond donors (Lipinski definition) is 2. The van der Waals surface area contributed by atoms with Crippen LogP contribution in [0.2, 0.25) is 18.1 Å². The Morgan fingerprint density at radius 3 is 2.11 bits per heavy atom. The van der Waals surface area contributed by atoms with Gasteiger partial charge in [0.05, 0.1) is 14.0 Å². The summed E-state index contributed by atoms with van der Waals surface area (Å²) >= 11 is 6.34. The zero-order valence-corrected chi connectivity index (χ0v) is 14.0. The van der Waals surface area contributed by atoms with Gasteiger partial charge in [0, 0.05) is 16.3 Å². The Bertz CT molecular complexity index is 454. The lowest BCUT2D eigenvalue weighted by Crippen LogP contribution is -2.50. The second kappa shape index (κ2) is 4.87. The first-order valence-electron chi connectivity index (χ1n) is 6.30. The highest BCUT2D eigenvalue weighted by Crippen LogP contribution is 2.45. The summed E-state index contributed by atoms with van der Waals surface area (Å²) < 4.78 is 0. The lowest BCUT2D eigenvalue weighted by molar-refractivity contribution is 0.00874. The molecular weight excluding hydrogens is 262 g/mol. The predicted octanol–water partition coefficient (Wildman–Crippen LogP) is 3.49. The van der Waals surface area contributed by atoms with Crippen LogP contribution in [0.25, 0.3) is 0 Å². The van der Waals surface area contributed by atoms with Gasteiger partial charge in [-0.05, 0) is 30.0 Å². The molecule has 1 unspecified atom stereocenters. The Labute approximate surface area is 117 Å². The van der Waals surface area contributed by atoms with Crippen LogP contribution in [0.1, 0.15) is 31.9 Å². The summed E-state index contributed by atoms with van der Waals surface area (Å²) in [7, 11) is -1.40. The summed E-state index contributed by atoms with van der Waals surface area (Å²) in [5.74, 6) is 0. The van der Waals surface area contributed by atoms with Crippen molar-refractivity contribution in [1.82, 2.24) is 0 Å². The molecule has 0 saturated heterocycles. The highest BCUT2D eigenvalue weighted by atomic mass is 35.5. The number of aryl methyl sites for hydroxylation is 1. The number of nitrogen functional groups attached to an aromatic ring is 1. The Morgan fingerprint density at radius 1 is 1.22 bits per heavy atom. The van der Waals surface area contributed by atoms with Gasteiger partial charge in [0.15, 0.2) is 0 Å². The monoisotopic (exact) mass is 285 g/mol. The average Bonchev–Trinajstić information content (AvgIpc) is 2.20. The Balaban J connectivity index is 3.55. The number of anilines is 1.